The number of nitriles is 1. The van der Waals surface area contributed by atoms with Gasteiger partial charge in [0.2, 0.25) is 0 Å². The molecular formula is C23H18N3O5-. The van der Waals surface area contributed by atoms with Crippen LogP contribution < -0.4 is 9.84 Å². The number of allylic oxidation sites excluding steroid dienone is 1. The summed E-state index contributed by atoms with van der Waals surface area (Å²) in [5.41, 5.74) is 3.68. The molecule has 0 saturated carbocycles. The van der Waals surface area contributed by atoms with Crippen LogP contribution in [0.3, 0.4) is 0 Å². The summed E-state index contributed by atoms with van der Waals surface area (Å²) < 4.78 is 7.22. The molecular weight excluding hydrogens is 398 g/mol. The molecule has 0 fully saturated rings. The number of aromatic nitrogens is 1. The van der Waals surface area contributed by atoms with Gasteiger partial charge in [-0.3, -0.25) is 10.1 Å². The zero-order valence-electron chi connectivity index (χ0n) is 17.1. The molecule has 0 spiro atoms. The number of nitrogens with zero attached hydrogens (tertiary/aromatic N) is 3. The fraction of sp³-hybridized carbons (Fsp3) is 0.130. The summed E-state index contributed by atoms with van der Waals surface area (Å²) in [6.07, 6.45) is 1.69. The molecule has 1 aromatic heterocycles. The summed E-state index contributed by atoms with van der Waals surface area (Å²) in [5, 5.41) is 31.8. The molecule has 0 saturated heterocycles. The van der Waals surface area contributed by atoms with Gasteiger partial charge in [-0.25, -0.2) is 0 Å². The molecule has 3 rings (SSSR count). The first kappa shape index (κ1) is 21.3. The van der Waals surface area contributed by atoms with Crippen molar-refractivity contribution in [1.29, 1.82) is 5.26 Å². The molecule has 0 unspecified atom stereocenters. The van der Waals surface area contributed by atoms with Gasteiger partial charge in [-0.05, 0) is 48.7 Å². The third kappa shape index (κ3) is 4.16. The minimum Gasteiger partial charge on any atom is -0.545 e. The predicted octanol–water partition coefficient (Wildman–Crippen LogP) is 3.44. The summed E-state index contributed by atoms with van der Waals surface area (Å²) >= 11 is 0. The van der Waals surface area contributed by atoms with Crippen LogP contribution >= 0.6 is 0 Å². The number of nitro groups is 1. The Hall–Kier alpha value is -4.38. The Balaban J connectivity index is 2.11. The quantitative estimate of drug-likeness (QED) is 0.345. The number of rotatable bonds is 6. The molecule has 8 heteroatoms. The first-order valence-corrected chi connectivity index (χ1v) is 9.22. The molecule has 31 heavy (non-hydrogen) atoms. The fourth-order valence-electron chi connectivity index (χ4n) is 3.39. The van der Waals surface area contributed by atoms with Crippen LogP contribution in [0.4, 0.5) is 5.69 Å². The second kappa shape index (κ2) is 8.55. The van der Waals surface area contributed by atoms with Crippen molar-refractivity contribution in [1.82, 2.24) is 4.57 Å². The fourth-order valence-corrected chi connectivity index (χ4v) is 3.39. The van der Waals surface area contributed by atoms with Gasteiger partial charge < -0.3 is 19.2 Å². The molecule has 8 nitrogen and oxygen atoms in total. The molecule has 0 atom stereocenters. The number of aryl methyl sites for hydroxylation is 1. The van der Waals surface area contributed by atoms with Crippen molar-refractivity contribution in [2.24, 2.45) is 0 Å². The Morgan fingerprint density at radius 1 is 1.13 bits per heavy atom. The number of aromatic carboxylic acids is 1. The van der Waals surface area contributed by atoms with Crippen LogP contribution in [0.15, 0.2) is 48.5 Å². The van der Waals surface area contributed by atoms with Gasteiger partial charge in [0.25, 0.3) is 5.69 Å². The summed E-state index contributed by atoms with van der Waals surface area (Å²) in [5.74, 6) is -0.815. The summed E-state index contributed by atoms with van der Waals surface area (Å²) in [6, 6.07) is 14.2. The van der Waals surface area contributed by atoms with E-state index in [0.29, 0.717) is 22.6 Å². The van der Waals surface area contributed by atoms with Crippen LogP contribution in [-0.2, 0) is 0 Å². The average molecular weight is 416 g/mol. The Bertz CT molecular complexity index is 1250. The van der Waals surface area contributed by atoms with Crippen LogP contribution in [0.25, 0.3) is 17.3 Å². The third-order valence-corrected chi connectivity index (χ3v) is 4.94. The number of non-ortho nitro benzene ring substituents is 1. The minimum atomic E-state index is -1.29. The van der Waals surface area contributed by atoms with E-state index in [4.69, 9.17) is 4.74 Å². The van der Waals surface area contributed by atoms with Crippen molar-refractivity contribution in [3.8, 4) is 17.5 Å². The second-order valence-electron chi connectivity index (χ2n) is 6.81. The smallest absolute Gasteiger partial charge is 0.271 e. The highest BCUT2D eigenvalue weighted by molar-refractivity contribution is 5.92. The maximum atomic E-state index is 11.2. The number of carboxylic acid groups (broad SMARTS) is 1. The number of ether oxygens (including phenoxy) is 1. The van der Waals surface area contributed by atoms with Crippen molar-refractivity contribution in [3.05, 3.63) is 86.7 Å². The summed E-state index contributed by atoms with van der Waals surface area (Å²) in [4.78, 5) is 21.7. The Labute approximate surface area is 178 Å². The van der Waals surface area contributed by atoms with Gasteiger partial charge in [-0.15, -0.1) is 0 Å². The van der Waals surface area contributed by atoms with Gasteiger partial charge in [0.15, 0.2) is 0 Å². The number of carbonyl (C=O) groups is 1. The molecule has 2 aromatic carbocycles. The number of carbonyl (C=O) groups excluding carboxylic acids is 1. The van der Waals surface area contributed by atoms with Crippen LogP contribution in [0.1, 0.15) is 32.9 Å². The first-order valence-electron chi connectivity index (χ1n) is 9.22. The van der Waals surface area contributed by atoms with Gasteiger partial charge in [-0.2, -0.15) is 5.26 Å². The molecule has 0 bridgehead atoms. The molecule has 0 N–H and O–H groups in total. The molecule has 0 aliphatic heterocycles. The molecule has 0 amide bonds. The van der Waals surface area contributed by atoms with Crippen molar-refractivity contribution in [2.45, 2.75) is 13.8 Å². The lowest BCUT2D eigenvalue weighted by molar-refractivity contribution is -0.384. The van der Waals surface area contributed by atoms with E-state index in [9.17, 15) is 25.3 Å². The Morgan fingerprint density at radius 3 is 2.32 bits per heavy atom. The lowest BCUT2D eigenvalue weighted by Crippen LogP contribution is -2.21. The van der Waals surface area contributed by atoms with E-state index in [2.05, 4.69) is 6.07 Å². The Morgan fingerprint density at radius 2 is 1.77 bits per heavy atom. The topological polar surface area (TPSA) is 121 Å². The number of methoxy groups -OCH3 is 1. The molecule has 0 aliphatic carbocycles. The Kier molecular flexibility index (Phi) is 5.88. The van der Waals surface area contributed by atoms with Gasteiger partial charge in [0.05, 0.1) is 35.3 Å². The van der Waals surface area contributed by atoms with Gasteiger partial charge in [0.1, 0.15) is 5.75 Å². The zero-order chi connectivity index (χ0) is 22.7. The van der Waals surface area contributed by atoms with Crippen molar-refractivity contribution in [3.63, 3.8) is 0 Å². The lowest BCUT2D eigenvalue weighted by Gasteiger charge is -2.14. The number of nitro benzene ring substituents is 1. The average Bonchev–Trinajstić information content (AvgIpc) is 3.04. The van der Waals surface area contributed by atoms with Crippen LogP contribution in [0, 0.1) is 35.3 Å². The standard InChI is InChI=1S/C23H19N3O5/c1-14-10-18(11-19(13-24)16-4-6-17(7-5-16)23(27)28)15(2)25(14)21-12-20(26(29)30)8-9-22(21)31-3/h4-12H,1-3H3,(H,27,28)/p-1/b19-11-. The van der Waals surface area contributed by atoms with E-state index in [1.165, 1.54) is 31.4 Å². The number of carboxylic acids is 1. The van der Waals surface area contributed by atoms with E-state index >= 15 is 0 Å². The predicted molar refractivity (Wildman–Crippen MR) is 113 cm³/mol. The largest absolute Gasteiger partial charge is 0.545 e. The van der Waals surface area contributed by atoms with Crippen LogP contribution in [0.2, 0.25) is 0 Å². The summed E-state index contributed by atoms with van der Waals surface area (Å²) in [7, 11) is 1.49. The molecule has 3 aromatic rings. The molecule has 0 radical (unpaired) electrons. The number of hydrogen-bond acceptors (Lipinski definition) is 6. The van der Waals surface area contributed by atoms with Crippen molar-refractivity contribution >= 4 is 23.3 Å². The lowest BCUT2D eigenvalue weighted by atomic mass is 10.0. The van der Waals surface area contributed by atoms with Gasteiger partial charge >= 0.3 is 0 Å². The number of hydrogen-bond donors (Lipinski definition) is 0. The minimum absolute atomic E-state index is 0.0250. The maximum absolute atomic E-state index is 11.2. The third-order valence-electron chi connectivity index (χ3n) is 4.94. The van der Waals surface area contributed by atoms with Crippen LogP contribution in [-0.4, -0.2) is 22.6 Å². The maximum Gasteiger partial charge on any atom is 0.271 e. The molecule has 0 aliphatic rings. The monoisotopic (exact) mass is 416 g/mol. The second-order valence-corrected chi connectivity index (χ2v) is 6.81. The SMILES string of the molecule is COc1ccc([N+](=O)[O-])cc1-n1c(C)cc(/C=C(/C#N)c2ccc(C(=O)[O-])cc2)c1C. The van der Waals surface area contributed by atoms with Crippen molar-refractivity contribution in [2.75, 3.05) is 7.11 Å². The molecule has 1 heterocycles. The van der Waals surface area contributed by atoms with E-state index in [-0.39, 0.29) is 11.3 Å². The van der Waals surface area contributed by atoms with E-state index < -0.39 is 10.9 Å². The highest BCUT2D eigenvalue weighted by Crippen LogP contribution is 2.32. The van der Waals surface area contributed by atoms with Crippen LogP contribution in [0.5, 0.6) is 5.75 Å². The normalized spacial score (nSPS) is 11.1. The number of benzene rings is 2. The highest BCUT2D eigenvalue weighted by Gasteiger charge is 2.18. The highest BCUT2D eigenvalue weighted by atomic mass is 16.6. The van der Waals surface area contributed by atoms with E-state index in [0.717, 1.165) is 17.0 Å². The van der Waals surface area contributed by atoms with Crippen molar-refractivity contribution < 1.29 is 19.6 Å². The van der Waals surface area contributed by atoms with Gasteiger partial charge in [0, 0.05) is 23.5 Å². The summed E-state index contributed by atoms with van der Waals surface area (Å²) in [6.45, 7) is 3.69. The van der Waals surface area contributed by atoms with E-state index in [1.54, 1.807) is 24.3 Å². The first-order chi connectivity index (χ1) is 14.8. The van der Waals surface area contributed by atoms with Gasteiger partial charge in [-0.1, -0.05) is 24.3 Å². The van der Waals surface area contributed by atoms with E-state index in [1.807, 2.05) is 24.5 Å². The molecule has 156 valence electrons. The zero-order valence-corrected chi connectivity index (χ0v) is 17.1.